The molecule has 31 heavy (non-hydrogen) atoms. The Labute approximate surface area is 187 Å². The Balaban J connectivity index is 1.85. The second kappa shape index (κ2) is 8.71. The van der Waals surface area contributed by atoms with Gasteiger partial charge in [-0.05, 0) is 42.5 Å². The molecule has 0 aliphatic carbocycles. The van der Waals surface area contributed by atoms with Gasteiger partial charge in [-0.2, -0.15) is 0 Å². The van der Waals surface area contributed by atoms with Crippen molar-refractivity contribution in [3.05, 3.63) is 86.9 Å². The maximum Gasteiger partial charge on any atom is 0.289 e. The van der Waals surface area contributed by atoms with Crippen molar-refractivity contribution in [3.63, 3.8) is 0 Å². The quantitative estimate of drug-likeness (QED) is 0.361. The van der Waals surface area contributed by atoms with Gasteiger partial charge < -0.3 is 0 Å². The lowest BCUT2D eigenvalue weighted by molar-refractivity contribution is -0.387. The van der Waals surface area contributed by atoms with Crippen LogP contribution in [0.15, 0.2) is 76.5 Å². The van der Waals surface area contributed by atoms with Gasteiger partial charge in [0.1, 0.15) is 0 Å². The first-order valence-corrected chi connectivity index (χ1v) is 12.1. The van der Waals surface area contributed by atoms with Gasteiger partial charge in [0.2, 0.25) is 0 Å². The van der Waals surface area contributed by atoms with E-state index in [0.29, 0.717) is 0 Å². The number of nitro groups is 1. The van der Waals surface area contributed by atoms with E-state index < -0.39 is 35.6 Å². The second-order valence-corrected chi connectivity index (χ2v) is 10.2. The van der Waals surface area contributed by atoms with Gasteiger partial charge in [0.25, 0.3) is 25.7 Å². The van der Waals surface area contributed by atoms with Gasteiger partial charge in [0.05, 0.1) is 25.6 Å². The van der Waals surface area contributed by atoms with Crippen molar-refractivity contribution in [2.24, 2.45) is 0 Å². The van der Waals surface area contributed by atoms with Crippen molar-refractivity contribution in [1.29, 1.82) is 0 Å². The minimum atomic E-state index is -4.29. The first-order valence-electron chi connectivity index (χ1n) is 8.34. The van der Waals surface area contributed by atoms with E-state index in [-0.39, 0.29) is 26.3 Å². The van der Waals surface area contributed by atoms with Crippen LogP contribution < -0.4 is 9.44 Å². The Morgan fingerprint density at radius 2 is 1.42 bits per heavy atom. The van der Waals surface area contributed by atoms with E-state index in [2.05, 4.69) is 9.44 Å². The van der Waals surface area contributed by atoms with Crippen LogP contribution >= 0.6 is 23.2 Å². The molecule has 3 aromatic carbocycles. The molecule has 0 bridgehead atoms. The molecule has 162 valence electrons. The minimum absolute atomic E-state index is 0.0119. The zero-order valence-corrected chi connectivity index (χ0v) is 18.5. The molecule has 0 heterocycles. The summed E-state index contributed by atoms with van der Waals surface area (Å²) in [5, 5.41) is 11.3. The highest BCUT2D eigenvalue weighted by Gasteiger charge is 2.25. The Morgan fingerprint density at radius 3 is 2.06 bits per heavy atom. The van der Waals surface area contributed by atoms with Gasteiger partial charge in [0.15, 0.2) is 4.90 Å². The Kier molecular flexibility index (Phi) is 6.41. The van der Waals surface area contributed by atoms with Crippen LogP contribution in [0.1, 0.15) is 0 Å². The number of halogens is 2. The van der Waals surface area contributed by atoms with Crippen LogP contribution in [-0.2, 0) is 20.0 Å². The normalized spacial score (nSPS) is 11.7. The van der Waals surface area contributed by atoms with E-state index >= 15 is 0 Å². The summed E-state index contributed by atoms with van der Waals surface area (Å²) in [6.45, 7) is 0. The molecule has 0 fully saturated rings. The molecule has 0 aromatic heterocycles. The van der Waals surface area contributed by atoms with E-state index in [9.17, 15) is 26.9 Å². The standard InChI is InChI=1S/C18H13Cl2N3O6S2/c19-14-4-3-5-15(18(14)20)22-30(26,27)13-10-8-12(9-11-13)21-31(28,29)17-7-2-1-6-16(17)23(24)25/h1-11,21-22H. The van der Waals surface area contributed by atoms with Crippen molar-refractivity contribution in [2.45, 2.75) is 9.79 Å². The fourth-order valence-corrected chi connectivity index (χ4v) is 5.24. The average Bonchev–Trinajstić information content (AvgIpc) is 2.71. The highest BCUT2D eigenvalue weighted by atomic mass is 35.5. The summed E-state index contributed by atoms with van der Waals surface area (Å²) >= 11 is 11.9. The summed E-state index contributed by atoms with van der Waals surface area (Å²) in [4.78, 5) is 9.60. The van der Waals surface area contributed by atoms with Gasteiger partial charge in [-0.25, -0.2) is 16.8 Å². The third kappa shape index (κ3) is 5.07. The Hall–Kier alpha value is -2.86. The molecule has 0 saturated heterocycles. The lowest BCUT2D eigenvalue weighted by Gasteiger charge is -2.12. The van der Waals surface area contributed by atoms with Crippen LogP contribution in [0.5, 0.6) is 0 Å². The molecule has 3 rings (SSSR count). The molecule has 9 nitrogen and oxygen atoms in total. The van der Waals surface area contributed by atoms with Crippen LogP contribution in [0.2, 0.25) is 10.0 Å². The molecule has 3 aromatic rings. The summed E-state index contributed by atoms with van der Waals surface area (Å²) < 4.78 is 54.7. The molecular formula is C18H13Cl2N3O6S2. The van der Waals surface area contributed by atoms with E-state index in [4.69, 9.17) is 23.2 Å². The number of nitrogens with zero attached hydrogens (tertiary/aromatic N) is 1. The third-order valence-corrected chi connectivity index (χ3v) is 7.59. The summed E-state index contributed by atoms with van der Waals surface area (Å²) in [7, 11) is -8.33. The van der Waals surface area contributed by atoms with Crippen molar-refractivity contribution in [1.82, 2.24) is 0 Å². The zero-order valence-electron chi connectivity index (χ0n) is 15.3. The number of sulfonamides is 2. The fraction of sp³-hybridized carbons (Fsp3) is 0. The molecule has 0 unspecified atom stereocenters. The number of benzene rings is 3. The molecule has 0 amide bonds. The van der Waals surface area contributed by atoms with Crippen LogP contribution in [0.4, 0.5) is 17.1 Å². The lowest BCUT2D eigenvalue weighted by atomic mass is 10.3. The predicted octanol–water partition coefficient (Wildman–Crippen LogP) is 4.50. The number of hydrogen-bond donors (Lipinski definition) is 2. The number of anilines is 2. The first-order chi connectivity index (χ1) is 14.5. The Morgan fingerprint density at radius 1 is 0.774 bits per heavy atom. The van der Waals surface area contributed by atoms with Crippen LogP contribution in [0.3, 0.4) is 0 Å². The van der Waals surface area contributed by atoms with E-state index in [1.165, 1.54) is 42.5 Å². The predicted molar refractivity (Wildman–Crippen MR) is 118 cm³/mol. The topological polar surface area (TPSA) is 135 Å². The maximum atomic E-state index is 12.6. The zero-order chi connectivity index (χ0) is 22.8. The highest BCUT2D eigenvalue weighted by Crippen LogP contribution is 2.31. The fourth-order valence-electron chi connectivity index (χ4n) is 2.53. The van der Waals surface area contributed by atoms with Crippen molar-refractivity contribution in [3.8, 4) is 0 Å². The second-order valence-electron chi connectivity index (χ2n) is 6.06. The molecule has 0 aliphatic rings. The molecule has 0 radical (unpaired) electrons. The van der Waals surface area contributed by atoms with Crippen molar-refractivity contribution in [2.75, 3.05) is 9.44 Å². The van der Waals surface area contributed by atoms with E-state index in [0.717, 1.165) is 24.3 Å². The van der Waals surface area contributed by atoms with Crippen molar-refractivity contribution >= 4 is 60.3 Å². The largest absolute Gasteiger partial charge is 0.289 e. The molecular weight excluding hydrogens is 489 g/mol. The molecule has 0 aliphatic heterocycles. The summed E-state index contributed by atoms with van der Waals surface area (Å²) in [6, 6.07) is 14.1. The van der Waals surface area contributed by atoms with Gasteiger partial charge in [-0.3, -0.25) is 19.6 Å². The molecule has 13 heteroatoms. The highest BCUT2D eigenvalue weighted by molar-refractivity contribution is 7.93. The summed E-state index contributed by atoms with van der Waals surface area (Å²) in [5.74, 6) is 0. The number of nitro benzene ring substituents is 1. The van der Waals surface area contributed by atoms with Gasteiger partial charge in [-0.15, -0.1) is 0 Å². The van der Waals surface area contributed by atoms with Crippen LogP contribution in [-0.4, -0.2) is 21.8 Å². The van der Waals surface area contributed by atoms with Crippen LogP contribution in [0, 0.1) is 10.1 Å². The lowest BCUT2D eigenvalue weighted by Crippen LogP contribution is -2.15. The SMILES string of the molecule is O=[N+]([O-])c1ccccc1S(=O)(=O)Nc1ccc(S(=O)(=O)Nc2cccc(Cl)c2Cl)cc1. The Bertz CT molecular complexity index is 1360. The molecule has 2 N–H and O–H groups in total. The molecule has 0 atom stereocenters. The van der Waals surface area contributed by atoms with E-state index in [1.807, 2.05) is 0 Å². The molecule has 0 saturated carbocycles. The van der Waals surface area contributed by atoms with Crippen LogP contribution in [0.25, 0.3) is 0 Å². The number of hydrogen-bond acceptors (Lipinski definition) is 6. The van der Waals surface area contributed by atoms with Gasteiger partial charge in [0, 0.05) is 11.8 Å². The van der Waals surface area contributed by atoms with E-state index in [1.54, 1.807) is 0 Å². The van der Waals surface area contributed by atoms with Gasteiger partial charge in [-0.1, -0.05) is 41.4 Å². The number of para-hydroxylation sites is 1. The number of rotatable bonds is 7. The smallest absolute Gasteiger partial charge is 0.279 e. The number of nitrogens with one attached hydrogen (secondary N) is 2. The average molecular weight is 502 g/mol. The first kappa shape index (κ1) is 22.8. The summed E-state index contributed by atoms with van der Waals surface area (Å²) in [5.41, 5.74) is -0.495. The summed E-state index contributed by atoms with van der Waals surface area (Å²) in [6.07, 6.45) is 0. The maximum absolute atomic E-state index is 12.6. The van der Waals surface area contributed by atoms with Crippen molar-refractivity contribution < 1.29 is 21.8 Å². The monoisotopic (exact) mass is 501 g/mol. The van der Waals surface area contributed by atoms with Gasteiger partial charge >= 0.3 is 0 Å². The minimum Gasteiger partial charge on any atom is -0.279 e. The molecule has 0 spiro atoms. The third-order valence-electron chi connectivity index (χ3n) is 3.96.